The molecule has 0 aliphatic carbocycles. The summed E-state index contributed by atoms with van der Waals surface area (Å²) in [5, 5.41) is 14.8. The van der Waals surface area contributed by atoms with Crippen molar-refractivity contribution in [1.82, 2.24) is 10.2 Å². The van der Waals surface area contributed by atoms with Crippen molar-refractivity contribution in [3.8, 4) is 0 Å². The summed E-state index contributed by atoms with van der Waals surface area (Å²) in [5.41, 5.74) is -1.33. The molecule has 0 saturated carbocycles. The summed E-state index contributed by atoms with van der Waals surface area (Å²) in [5.74, 6) is -0.172. The van der Waals surface area contributed by atoms with Crippen LogP contribution in [-0.2, 0) is 15.2 Å². The number of carbonyl (C=O) groups excluding carboxylic acids is 2. The van der Waals surface area contributed by atoms with Crippen molar-refractivity contribution < 1.29 is 14.7 Å². The first-order valence-corrected chi connectivity index (χ1v) is 9.29. The summed E-state index contributed by atoms with van der Waals surface area (Å²) in [7, 11) is 0. The van der Waals surface area contributed by atoms with Gasteiger partial charge in [0, 0.05) is 42.4 Å². The lowest BCUT2D eigenvalue weighted by atomic mass is 9.66. The van der Waals surface area contributed by atoms with E-state index < -0.39 is 16.6 Å². The van der Waals surface area contributed by atoms with Gasteiger partial charge in [-0.2, -0.15) is 0 Å². The third-order valence-corrected chi connectivity index (χ3v) is 5.48. The van der Waals surface area contributed by atoms with E-state index in [1.165, 1.54) is 6.92 Å². The zero-order valence-electron chi connectivity index (χ0n) is 16.2. The van der Waals surface area contributed by atoms with Gasteiger partial charge in [0.25, 0.3) is 0 Å². The van der Waals surface area contributed by atoms with Crippen LogP contribution < -0.4 is 5.32 Å². The molecule has 1 aromatic rings. The molecule has 144 valence electrons. The minimum absolute atomic E-state index is 0.0185. The van der Waals surface area contributed by atoms with E-state index in [-0.39, 0.29) is 18.2 Å². The van der Waals surface area contributed by atoms with Crippen LogP contribution in [0, 0.1) is 5.41 Å². The highest BCUT2D eigenvalue weighted by Gasteiger charge is 2.49. The van der Waals surface area contributed by atoms with Crippen LogP contribution in [0.25, 0.3) is 0 Å². The normalized spacial score (nSPS) is 22.8. The number of rotatable bonds is 4. The van der Waals surface area contributed by atoms with Gasteiger partial charge in [-0.15, -0.1) is 0 Å². The predicted octanol–water partition coefficient (Wildman–Crippen LogP) is 3.09. The molecule has 6 heteroatoms. The Balaban J connectivity index is 2.13. The predicted molar refractivity (Wildman–Crippen MR) is 103 cm³/mol. The van der Waals surface area contributed by atoms with Crippen molar-refractivity contribution >= 4 is 23.4 Å². The Morgan fingerprint density at radius 3 is 2.35 bits per heavy atom. The van der Waals surface area contributed by atoms with Crippen LogP contribution in [0.1, 0.15) is 53.0 Å². The van der Waals surface area contributed by atoms with E-state index in [0.717, 1.165) is 5.56 Å². The molecule has 1 heterocycles. The number of hydrogen-bond acceptors (Lipinski definition) is 3. The number of likely N-dealkylation sites (tertiary alicyclic amines) is 1. The third kappa shape index (κ3) is 4.38. The van der Waals surface area contributed by atoms with Crippen LogP contribution in [0.5, 0.6) is 0 Å². The number of benzene rings is 1. The number of aliphatic hydroxyl groups is 1. The lowest BCUT2D eigenvalue weighted by Gasteiger charge is -2.51. The molecule has 2 N–H and O–H groups in total. The summed E-state index contributed by atoms with van der Waals surface area (Å²) in [6.45, 7) is 9.98. The van der Waals surface area contributed by atoms with E-state index in [0.29, 0.717) is 24.5 Å². The van der Waals surface area contributed by atoms with Crippen molar-refractivity contribution in [2.24, 2.45) is 5.41 Å². The second-order valence-electron chi connectivity index (χ2n) is 8.56. The maximum atomic E-state index is 12.8. The van der Waals surface area contributed by atoms with Gasteiger partial charge in [0.2, 0.25) is 11.8 Å². The number of hydrogen-bond donors (Lipinski definition) is 2. The Bertz CT molecular complexity index is 685. The molecule has 1 aliphatic rings. The van der Waals surface area contributed by atoms with E-state index in [2.05, 4.69) is 5.32 Å². The lowest BCUT2D eigenvalue weighted by molar-refractivity contribution is -0.154. The fraction of sp³-hybridized carbons (Fsp3) is 0.600. The van der Waals surface area contributed by atoms with Crippen molar-refractivity contribution in [3.05, 3.63) is 34.9 Å². The largest absolute Gasteiger partial charge is 0.384 e. The maximum absolute atomic E-state index is 12.8. The minimum Gasteiger partial charge on any atom is -0.384 e. The van der Waals surface area contributed by atoms with Crippen molar-refractivity contribution in [1.29, 1.82) is 0 Å². The molecule has 0 bridgehead atoms. The van der Waals surface area contributed by atoms with E-state index in [4.69, 9.17) is 11.6 Å². The van der Waals surface area contributed by atoms with Gasteiger partial charge < -0.3 is 15.3 Å². The molecule has 26 heavy (non-hydrogen) atoms. The van der Waals surface area contributed by atoms with Gasteiger partial charge in [-0.3, -0.25) is 9.59 Å². The third-order valence-electron chi connectivity index (χ3n) is 5.23. The number of nitrogens with one attached hydrogen (secondary N) is 1. The standard InChI is InChI=1S/C20H29ClN2O3/c1-14(24)22-19(4,5)12-17(25)23-11-10-20(26,18(2,3)13-23)15-6-8-16(21)9-7-15/h6-9,26H,10-13H2,1-5H3,(H,22,24). The SMILES string of the molecule is CC(=O)NC(C)(C)CC(=O)N1CCC(O)(c2ccc(Cl)cc2)C(C)(C)C1. The Morgan fingerprint density at radius 1 is 1.27 bits per heavy atom. The summed E-state index contributed by atoms with van der Waals surface area (Å²) >= 11 is 5.96. The van der Waals surface area contributed by atoms with Crippen molar-refractivity contribution in [2.45, 2.75) is 58.6 Å². The summed E-state index contributed by atoms with van der Waals surface area (Å²) in [6.07, 6.45) is 0.677. The molecule has 0 radical (unpaired) electrons. The first-order valence-electron chi connectivity index (χ1n) is 8.91. The van der Waals surface area contributed by atoms with Crippen LogP contribution in [0.15, 0.2) is 24.3 Å². The Hall–Kier alpha value is -1.59. The number of amides is 2. The second kappa shape index (κ2) is 7.20. The molecule has 0 spiro atoms. The van der Waals surface area contributed by atoms with Crippen LogP contribution >= 0.6 is 11.6 Å². The summed E-state index contributed by atoms with van der Waals surface area (Å²) in [4.78, 5) is 25.8. The molecule has 1 fully saturated rings. The van der Waals surface area contributed by atoms with Gasteiger partial charge in [-0.25, -0.2) is 0 Å². The molecule has 1 aliphatic heterocycles. The quantitative estimate of drug-likeness (QED) is 0.843. The highest BCUT2D eigenvalue weighted by molar-refractivity contribution is 6.30. The molecule has 1 saturated heterocycles. The fourth-order valence-electron chi connectivity index (χ4n) is 3.81. The summed E-state index contributed by atoms with van der Waals surface area (Å²) < 4.78 is 0. The van der Waals surface area contributed by atoms with Crippen LogP contribution in [0.4, 0.5) is 0 Å². The fourth-order valence-corrected chi connectivity index (χ4v) is 3.93. The average Bonchev–Trinajstić information content (AvgIpc) is 2.48. The number of piperidine rings is 1. The lowest BCUT2D eigenvalue weighted by Crippen LogP contribution is -2.57. The van der Waals surface area contributed by atoms with Gasteiger partial charge in [-0.05, 0) is 38.0 Å². The monoisotopic (exact) mass is 380 g/mol. The van der Waals surface area contributed by atoms with E-state index in [9.17, 15) is 14.7 Å². The van der Waals surface area contributed by atoms with Gasteiger partial charge in [0.1, 0.15) is 0 Å². The van der Waals surface area contributed by atoms with Crippen LogP contribution in [-0.4, -0.2) is 40.4 Å². The van der Waals surface area contributed by atoms with Gasteiger partial charge in [0.05, 0.1) is 5.60 Å². The molecule has 1 aromatic carbocycles. The molecular formula is C20H29ClN2O3. The molecule has 5 nitrogen and oxygen atoms in total. The smallest absolute Gasteiger partial charge is 0.224 e. The van der Waals surface area contributed by atoms with Gasteiger partial charge in [-0.1, -0.05) is 37.6 Å². The number of nitrogens with zero attached hydrogens (tertiary/aromatic N) is 1. The maximum Gasteiger partial charge on any atom is 0.224 e. The topological polar surface area (TPSA) is 69.6 Å². The first-order chi connectivity index (χ1) is 11.9. The Labute approximate surface area is 160 Å². The molecule has 1 atom stereocenters. The summed E-state index contributed by atoms with van der Waals surface area (Å²) in [6, 6.07) is 7.25. The van der Waals surface area contributed by atoms with Crippen LogP contribution in [0.3, 0.4) is 0 Å². The Kier molecular flexibility index (Phi) is 5.74. The zero-order chi connectivity index (χ0) is 19.8. The Morgan fingerprint density at radius 2 is 1.85 bits per heavy atom. The highest BCUT2D eigenvalue weighted by Crippen LogP contribution is 2.46. The van der Waals surface area contributed by atoms with Crippen molar-refractivity contribution in [3.63, 3.8) is 0 Å². The molecular weight excluding hydrogens is 352 g/mol. The molecule has 2 rings (SSSR count). The average molecular weight is 381 g/mol. The van der Waals surface area contributed by atoms with E-state index in [1.54, 1.807) is 17.0 Å². The van der Waals surface area contributed by atoms with Crippen LogP contribution in [0.2, 0.25) is 5.02 Å². The van der Waals surface area contributed by atoms with E-state index >= 15 is 0 Å². The van der Waals surface area contributed by atoms with Crippen molar-refractivity contribution in [2.75, 3.05) is 13.1 Å². The molecule has 2 amide bonds. The highest BCUT2D eigenvalue weighted by atomic mass is 35.5. The molecule has 0 aromatic heterocycles. The second-order valence-corrected chi connectivity index (χ2v) is 8.99. The first kappa shape index (κ1) is 20.7. The zero-order valence-corrected chi connectivity index (χ0v) is 17.0. The van der Waals surface area contributed by atoms with Gasteiger partial charge >= 0.3 is 0 Å². The number of halogens is 1. The van der Waals surface area contributed by atoms with E-state index in [1.807, 2.05) is 39.8 Å². The molecule has 1 unspecified atom stereocenters. The van der Waals surface area contributed by atoms with Gasteiger partial charge in [0.15, 0.2) is 0 Å². The minimum atomic E-state index is -1.03. The number of carbonyl (C=O) groups is 2.